The van der Waals surface area contributed by atoms with Crippen molar-refractivity contribution in [2.75, 3.05) is 5.32 Å². The largest absolute Gasteiger partial charge is 0.479 e. The first-order valence-electron chi connectivity index (χ1n) is 7.53. The molecule has 3 N–H and O–H groups in total. The summed E-state index contributed by atoms with van der Waals surface area (Å²) in [5.41, 5.74) is 2.06. The summed E-state index contributed by atoms with van der Waals surface area (Å²) < 4.78 is 0. The van der Waals surface area contributed by atoms with Gasteiger partial charge in [-0.05, 0) is 36.8 Å². The molecular formula is C19H17N3O3. The van der Waals surface area contributed by atoms with Gasteiger partial charge in [-0.15, -0.1) is 0 Å². The van der Waals surface area contributed by atoms with E-state index in [1.807, 2.05) is 6.07 Å². The number of carboxylic acids is 1. The third-order valence-electron chi connectivity index (χ3n) is 3.38. The molecule has 1 atom stereocenters. The van der Waals surface area contributed by atoms with Gasteiger partial charge in [0.05, 0.1) is 11.6 Å². The van der Waals surface area contributed by atoms with E-state index in [-0.39, 0.29) is 0 Å². The van der Waals surface area contributed by atoms with Crippen molar-refractivity contribution in [3.8, 4) is 6.07 Å². The lowest BCUT2D eigenvalue weighted by Crippen LogP contribution is -2.27. The molecule has 0 aliphatic carbocycles. The van der Waals surface area contributed by atoms with Crippen LogP contribution >= 0.6 is 0 Å². The van der Waals surface area contributed by atoms with Crippen LogP contribution in [0, 0.1) is 11.3 Å². The molecule has 0 saturated heterocycles. The predicted octanol–water partition coefficient (Wildman–Crippen LogP) is 2.82. The van der Waals surface area contributed by atoms with E-state index in [0.717, 1.165) is 0 Å². The van der Waals surface area contributed by atoms with Crippen molar-refractivity contribution in [1.82, 2.24) is 5.32 Å². The lowest BCUT2D eigenvalue weighted by Gasteiger charge is -2.16. The Morgan fingerprint density at radius 2 is 1.76 bits per heavy atom. The van der Waals surface area contributed by atoms with Gasteiger partial charge in [-0.3, -0.25) is 4.79 Å². The zero-order chi connectivity index (χ0) is 18.2. The van der Waals surface area contributed by atoms with Gasteiger partial charge in [-0.2, -0.15) is 5.26 Å². The summed E-state index contributed by atoms with van der Waals surface area (Å²) in [7, 11) is 0. The normalized spacial score (nSPS) is 11.9. The molecule has 0 aliphatic rings. The van der Waals surface area contributed by atoms with E-state index in [9.17, 15) is 14.7 Å². The average Bonchev–Trinajstić information content (AvgIpc) is 2.60. The van der Waals surface area contributed by atoms with E-state index in [0.29, 0.717) is 22.5 Å². The molecule has 0 spiro atoms. The molecule has 6 nitrogen and oxygen atoms in total. The molecule has 2 rings (SSSR count). The van der Waals surface area contributed by atoms with Crippen molar-refractivity contribution < 1.29 is 14.7 Å². The zero-order valence-electron chi connectivity index (χ0n) is 13.6. The summed E-state index contributed by atoms with van der Waals surface area (Å²) in [6.45, 7) is 1.62. The van der Waals surface area contributed by atoms with E-state index in [1.165, 1.54) is 6.08 Å². The molecule has 25 heavy (non-hydrogen) atoms. The molecule has 0 bridgehead atoms. The fraction of sp³-hybridized carbons (Fsp3) is 0.105. The standard InChI is InChI=1S/C19H17N3O3/c1-13(21-18(19(24)25)15-5-3-2-4-6-15)11-17(23)22-16-9-7-14(12-20)8-10-16/h2-11,18,21H,1H3,(H,22,23)(H,24,25)/t18-/m0/s1. The maximum Gasteiger partial charge on any atom is 0.330 e. The van der Waals surface area contributed by atoms with Gasteiger partial charge in [-0.25, -0.2) is 4.79 Å². The topological polar surface area (TPSA) is 102 Å². The van der Waals surface area contributed by atoms with Crippen LogP contribution in [0.15, 0.2) is 66.4 Å². The van der Waals surface area contributed by atoms with Crippen LogP contribution in [0.2, 0.25) is 0 Å². The van der Waals surface area contributed by atoms with Crippen molar-refractivity contribution in [3.63, 3.8) is 0 Å². The Labute approximate surface area is 145 Å². The van der Waals surface area contributed by atoms with Crippen LogP contribution in [0.4, 0.5) is 5.69 Å². The summed E-state index contributed by atoms with van der Waals surface area (Å²) in [5, 5.41) is 23.6. The second-order valence-corrected chi connectivity index (χ2v) is 5.33. The maximum atomic E-state index is 12.0. The Hall–Kier alpha value is -3.59. The molecule has 0 heterocycles. The number of rotatable bonds is 6. The second kappa shape index (κ2) is 8.31. The fourth-order valence-electron chi connectivity index (χ4n) is 2.21. The maximum absolute atomic E-state index is 12.0. The van der Waals surface area contributed by atoms with Crippen LogP contribution < -0.4 is 10.6 Å². The molecule has 0 radical (unpaired) electrons. The summed E-state index contributed by atoms with van der Waals surface area (Å²) in [4.78, 5) is 23.5. The highest BCUT2D eigenvalue weighted by Crippen LogP contribution is 2.14. The van der Waals surface area contributed by atoms with Crippen LogP contribution in [0.25, 0.3) is 0 Å². The SMILES string of the molecule is CC(=CC(=O)Nc1ccc(C#N)cc1)N[C@H](C(=O)O)c1ccccc1. The number of hydrogen-bond acceptors (Lipinski definition) is 4. The van der Waals surface area contributed by atoms with Gasteiger partial charge in [0.15, 0.2) is 0 Å². The lowest BCUT2D eigenvalue weighted by molar-refractivity contribution is -0.139. The van der Waals surface area contributed by atoms with Crippen molar-refractivity contribution in [2.24, 2.45) is 0 Å². The number of carboxylic acid groups (broad SMARTS) is 1. The number of aliphatic carboxylic acids is 1. The van der Waals surface area contributed by atoms with Crippen LogP contribution in [0.3, 0.4) is 0 Å². The van der Waals surface area contributed by atoms with Crippen molar-refractivity contribution >= 4 is 17.6 Å². The van der Waals surface area contributed by atoms with Crippen molar-refractivity contribution in [1.29, 1.82) is 5.26 Å². The number of nitrogens with one attached hydrogen (secondary N) is 2. The number of carbonyl (C=O) groups is 2. The number of nitrogens with zero attached hydrogens (tertiary/aromatic N) is 1. The monoisotopic (exact) mass is 335 g/mol. The molecule has 6 heteroatoms. The molecule has 0 fully saturated rings. The highest BCUT2D eigenvalue weighted by atomic mass is 16.4. The minimum Gasteiger partial charge on any atom is -0.479 e. The fourth-order valence-corrected chi connectivity index (χ4v) is 2.21. The summed E-state index contributed by atoms with van der Waals surface area (Å²) in [6, 6.07) is 16.2. The van der Waals surface area contributed by atoms with Gasteiger partial charge in [0.2, 0.25) is 5.91 Å². The number of nitriles is 1. The zero-order valence-corrected chi connectivity index (χ0v) is 13.6. The Morgan fingerprint density at radius 1 is 1.12 bits per heavy atom. The first-order chi connectivity index (χ1) is 12.0. The second-order valence-electron chi connectivity index (χ2n) is 5.33. The number of hydrogen-bond donors (Lipinski definition) is 3. The van der Waals surface area contributed by atoms with E-state index in [2.05, 4.69) is 10.6 Å². The number of carbonyl (C=O) groups excluding carboxylic acids is 1. The van der Waals surface area contributed by atoms with E-state index in [4.69, 9.17) is 5.26 Å². The first-order valence-corrected chi connectivity index (χ1v) is 7.53. The molecule has 0 unspecified atom stereocenters. The Balaban J connectivity index is 2.04. The van der Waals surface area contributed by atoms with Gasteiger partial charge in [0, 0.05) is 17.5 Å². The average molecular weight is 335 g/mol. The van der Waals surface area contributed by atoms with Gasteiger partial charge >= 0.3 is 5.97 Å². The number of benzene rings is 2. The molecule has 2 aromatic carbocycles. The number of anilines is 1. The van der Waals surface area contributed by atoms with E-state index in [1.54, 1.807) is 61.5 Å². The molecule has 0 saturated carbocycles. The van der Waals surface area contributed by atoms with Crippen LogP contribution in [-0.2, 0) is 9.59 Å². The minimum atomic E-state index is -1.04. The minimum absolute atomic E-state index is 0.396. The smallest absolute Gasteiger partial charge is 0.330 e. The third-order valence-corrected chi connectivity index (χ3v) is 3.38. The molecule has 0 aliphatic heterocycles. The summed E-state index contributed by atoms with van der Waals surface area (Å²) in [6.07, 6.45) is 1.29. The van der Waals surface area contributed by atoms with Crippen LogP contribution in [0.1, 0.15) is 24.1 Å². The van der Waals surface area contributed by atoms with Crippen LogP contribution in [-0.4, -0.2) is 17.0 Å². The first kappa shape index (κ1) is 17.8. The van der Waals surface area contributed by atoms with E-state index >= 15 is 0 Å². The Morgan fingerprint density at radius 3 is 2.32 bits per heavy atom. The highest BCUT2D eigenvalue weighted by molar-refractivity contribution is 5.99. The molecule has 0 aromatic heterocycles. The molecule has 2 aromatic rings. The van der Waals surface area contributed by atoms with Gasteiger partial charge < -0.3 is 15.7 Å². The Kier molecular flexibility index (Phi) is 5.91. The predicted molar refractivity (Wildman–Crippen MR) is 93.5 cm³/mol. The molecular weight excluding hydrogens is 318 g/mol. The molecule has 126 valence electrons. The summed E-state index contributed by atoms with van der Waals surface area (Å²) in [5.74, 6) is -1.43. The number of allylic oxidation sites excluding steroid dienone is 1. The van der Waals surface area contributed by atoms with Gasteiger partial charge in [0.1, 0.15) is 6.04 Å². The van der Waals surface area contributed by atoms with Crippen molar-refractivity contribution in [3.05, 3.63) is 77.5 Å². The third kappa shape index (κ3) is 5.22. The lowest BCUT2D eigenvalue weighted by atomic mass is 10.1. The van der Waals surface area contributed by atoms with Crippen LogP contribution in [0.5, 0.6) is 0 Å². The van der Waals surface area contributed by atoms with Gasteiger partial charge in [-0.1, -0.05) is 30.3 Å². The Bertz CT molecular complexity index is 821. The van der Waals surface area contributed by atoms with Crippen molar-refractivity contribution in [2.45, 2.75) is 13.0 Å². The number of amides is 1. The van der Waals surface area contributed by atoms with E-state index < -0.39 is 17.9 Å². The highest BCUT2D eigenvalue weighted by Gasteiger charge is 2.19. The molecule has 1 amide bonds. The summed E-state index contributed by atoms with van der Waals surface area (Å²) >= 11 is 0. The quantitative estimate of drug-likeness (QED) is 0.705. The van der Waals surface area contributed by atoms with Gasteiger partial charge in [0.25, 0.3) is 0 Å².